The average Bonchev–Trinajstić information content (AvgIpc) is 3.42. The number of hydrogen-bond acceptors (Lipinski definition) is 5. The molecule has 11 heteroatoms. The Hall–Kier alpha value is -2.57. The van der Waals surface area contributed by atoms with Crippen LogP contribution in [0.5, 0.6) is 5.75 Å². The molecule has 31 heavy (non-hydrogen) atoms. The van der Waals surface area contributed by atoms with Gasteiger partial charge in [-0.1, -0.05) is 12.1 Å². The van der Waals surface area contributed by atoms with Gasteiger partial charge in [0.25, 0.3) is 5.91 Å². The normalized spacial score (nSPS) is 16.1. The number of ether oxygens (including phenoxy) is 1. The molecular weight excluding hydrogens is 523 g/mol. The molecule has 1 atom stereocenters. The molecule has 1 amide bonds. The summed E-state index contributed by atoms with van der Waals surface area (Å²) in [6.07, 6.45) is 2.26. The Kier molecular flexibility index (Phi) is 9.82. The summed E-state index contributed by atoms with van der Waals surface area (Å²) < 4.78 is 35.0. The van der Waals surface area contributed by atoms with Crippen molar-refractivity contribution in [3.05, 3.63) is 48.4 Å². The minimum atomic E-state index is -2.86. The van der Waals surface area contributed by atoms with Crippen molar-refractivity contribution in [1.82, 2.24) is 16.0 Å². The Balaban J connectivity index is 0.00000341. The zero-order valence-electron chi connectivity index (χ0n) is 17.0. The number of alkyl halides is 2. The van der Waals surface area contributed by atoms with Crippen LogP contribution in [-0.4, -0.2) is 57.7 Å². The molecule has 1 aliphatic heterocycles. The topological polar surface area (TPSA) is 91.1 Å². The van der Waals surface area contributed by atoms with Crippen LogP contribution in [0.1, 0.15) is 17.0 Å². The second kappa shape index (κ2) is 12.3. The van der Waals surface area contributed by atoms with E-state index in [-0.39, 0.29) is 47.4 Å². The van der Waals surface area contributed by atoms with Gasteiger partial charge in [0.1, 0.15) is 5.75 Å². The number of carbonyl (C=O) groups is 1. The predicted molar refractivity (Wildman–Crippen MR) is 125 cm³/mol. The van der Waals surface area contributed by atoms with Gasteiger partial charge in [-0.15, -0.1) is 24.0 Å². The van der Waals surface area contributed by atoms with Crippen molar-refractivity contribution in [2.45, 2.75) is 19.1 Å². The van der Waals surface area contributed by atoms with E-state index in [1.807, 2.05) is 4.90 Å². The highest BCUT2D eigenvalue weighted by Gasteiger charge is 2.26. The van der Waals surface area contributed by atoms with E-state index in [1.165, 1.54) is 6.26 Å². The first-order valence-corrected chi connectivity index (χ1v) is 9.64. The van der Waals surface area contributed by atoms with Crippen molar-refractivity contribution in [3.8, 4) is 5.75 Å². The van der Waals surface area contributed by atoms with Crippen LogP contribution >= 0.6 is 24.0 Å². The Labute approximate surface area is 196 Å². The Morgan fingerprint density at radius 2 is 2.03 bits per heavy atom. The minimum Gasteiger partial charge on any atom is -0.459 e. The Bertz CT molecular complexity index is 851. The largest absolute Gasteiger partial charge is 0.459 e. The predicted octanol–water partition coefficient (Wildman–Crippen LogP) is 2.67. The maximum absolute atomic E-state index is 12.7. The first-order chi connectivity index (χ1) is 14.6. The van der Waals surface area contributed by atoms with E-state index in [0.29, 0.717) is 37.8 Å². The fourth-order valence-corrected chi connectivity index (χ4v) is 3.25. The number of carbonyl (C=O) groups excluding carboxylic acids is 1. The van der Waals surface area contributed by atoms with Gasteiger partial charge in [0.2, 0.25) is 0 Å². The molecule has 8 nitrogen and oxygen atoms in total. The second-order valence-electron chi connectivity index (χ2n) is 6.65. The summed E-state index contributed by atoms with van der Waals surface area (Å²) in [6, 6.07) is 10.1. The molecule has 3 N–H and O–H groups in total. The molecule has 3 rings (SSSR count). The highest BCUT2D eigenvalue weighted by molar-refractivity contribution is 14.0. The van der Waals surface area contributed by atoms with Crippen molar-refractivity contribution in [1.29, 1.82) is 0 Å². The van der Waals surface area contributed by atoms with Gasteiger partial charge in [0, 0.05) is 39.3 Å². The number of nitrogens with zero attached hydrogens (tertiary/aromatic N) is 2. The molecule has 0 bridgehead atoms. The number of hydrogen-bond donors (Lipinski definition) is 3. The molecule has 0 saturated carbocycles. The average molecular weight is 549 g/mol. The lowest BCUT2D eigenvalue weighted by atomic mass is 10.2. The number of anilines is 1. The van der Waals surface area contributed by atoms with Gasteiger partial charge >= 0.3 is 6.61 Å². The third-order valence-corrected chi connectivity index (χ3v) is 4.62. The molecule has 170 valence electrons. The maximum atomic E-state index is 12.7. The third kappa shape index (κ3) is 7.26. The van der Waals surface area contributed by atoms with Crippen LogP contribution in [0.4, 0.5) is 14.5 Å². The first-order valence-electron chi connectivity index (χ1n) is 9.64. The maximum Gasteiger partial charge on any atom is 0.387 e. The van der Waals surface area contributed by atoms with Crippen LogP contribution in [0.15, 0.2) is 52.1 Å². The van der Waals surface area contributed by atoms with Gasteiger partial charge in [-0.3, -0.25) is 9.79 Å². The zero-order valence-corrected chi connectivity index (χ0v) is 19.3. The SMILES string of the molecule is CN=C(NCCNC(=O)c1ccco1)NC1CCN(c2ccccc2OC(F)F)C1.I. The molecular formula is C20H26F2IN5O3. The van der Waals surface area contributed by atoms with Gasteiger partial charge in [-0.25, -0.2) is 0 Å². The van der Waals surface area contributed by atoms with Gasteiger partial charge in [-0.2, -0.15) is 8.78 Å². The third-order valence-electron chi connectivity index (χ3n) is 4.62. The fourth-order valence-electron chi connectivity index (χ4n) is 3.25. The van der Waals surface area contributed by atoms with Gasteiger partial charge in [-0.05, 0) is 30.7 Å². The number of aliphatic imine (C=N–C) groups is 1. The van der Waals surface area contributed by atoms with Crippen LogP contribution in [-0.2, 0) is 0 Å². The summed E-state index contributed by atoms with van der Waals surface area (Å²) in [5.74, 6) is 0.759. The highest BCUT2D eigenvalue weighted by atomic mass is 127. The summed E-state index contributed by atoms with van der Waals surface area (Å²) in [5, 5.41) is 9.21. The number of benzene rings is 1. The van der Waals surface area contributed by atoms with Crippen molar-refractivity contribution < 1.29 is 22.7 Å². The summed E-state index contributed by atoms with van der Waals surface area (Å²) >= 11 is 0. The van der Waals surface area contributed by atoms with E-state index in [0.717, 1.165) is 6.42 Å². The number of guanidine groups is 1. The molecule has 2 heterocycles. The zero-order chi connectivity index (χ0) is 21.3. The summed E-state index contributed by atoms with van der Waals surface area (Å²) in [6.45, 7) is -0.654. The first kappa shape index (κ1) is 24.7. The van der Waals surface area contributed by atoms with Crippen LogP contribution in [0.3, 0.4) is 0 Å². The Morgan fingerprint density at radius 3 is 2.74 bits per heavy atom. The molecule has 0 spiro atoms. The minimum absolute atomic E-state index is 0. The number of halogens is 3. The van der Waals surface area contributed by atoms with Crippen molar-refractivity contribution in [2.24, 2.45) is 4.99 Å². The van der Waals surface area contributed by atoms with Gasteiger partial charge < -0.3 is 30.0 Å². The van der Waals surface area contributed by atoms with Crippen molar-refractivity contribution in [2.75, 3.05) is 38.1 Å². The van der Waals surface area contributed by atoms with Gasteiger partial charge in [0.05, 0.1) is 12.0 Å². The number of para-hydroxylation sites is 2. The summed E-state index contributed by atoms with van der Waals surface area (Å²) in [4.78, 5) is 18.0. The number of nitrogens with one attached hydrogen (secondary N) is 3. The molecule has 1 aromatic carbocycles. The molecule has 1 saturated heterocycles. The summed E-state index contributed by atoms with van der Waals surface area (Å²) in [7, 11) is 1.66. The lowest BCUT2D eigenvalue weighted by molar-refractivity contribution is -0.0495. The molecule has 1 unspecified atom stereocenters. The number of furan rings is 1. The van der Waals surface area contributed by atoms with E-state index in [4.69, 9.17) is 4.42 Å². The monoisotopic (exact) mass is 549 g/mol. The number of rotatable bonds is 8. The lowest BCUT2D eigenvalue weighted by Crippen LogP contribution is -2.46. The van der Waals surface area contributed by atoms with Gasteiger partial charge in [0.15, 0.2) is 11.7 Å². The summed E-state index contributed by atoms with van der Waals surface area (Å²) in [5.41, 5.74) is 0.644. The smallest absolute Gasteiger partial charge is 0.387 e. The molecule has 0 aliphatic carbocycles. The lowest BCUT2D eigenvalue weighted by Gasteiger charge is -2.22. The molecule has 2 aromatic rings. The standard InChI is InChI=1S/C20H25F2N5O3.HI/c1-23-20(25-10-9-24-18(28)17-7-4-12-29-17)26-14-8-11-27(13-14)15-5-2-3-6-16(15)30-19(21)22;/h2-7,12,14,19H,8-11,13H2,1H3,(H,24,28)(H2,23,25,26);1H. The molecule has 1 fully saturated rings. The highest BCUT2D eigenvalue weighted by Crippen LogP contribution is 2.31. The quantitative estimate of drug-likeness (QED) is 0.203. The van der Waals surface area contributed by atoms with Crippen LogP contribution < -0.4 is 25.6 Å². The van der Waals surface area contributed by atoms with Crippen molar-refractivity contribution >= 4 is 41.5 Å². The van der Waals surface area contributed by atoms with E-state index in [1.54, 1.807) is 43.4 Å². The second-order valence-corrected chi connectivity index (χ2v) is 6.65. The van der Waals surface area contributed by atoms with E-state index in [9.17, 15) is 13.6 Å². The van der Waals surface area contributed by atoms with E-state index < -0.39 is 6.61 Å². The van der Waals surface area contributed by atoms with E-state index in [2.05, 4.69) is 25.7 Å². The van der Waals surface area contributed by atoms with Crippen LogP contribution in [0.25, 0.3) is 0 Å². The number of amides is 1. The van der Waals surface area contributed by atoms with Crippen LogP contribution in [0.2, 0.25) is 0 Å². The Morgan fingerprint density at radius 1 is 1.26 bits per heavy atom. The molecule has 0 radical (unpaired) electrons. The van der Waals surface area contributed by atoms with Crippen molar-refractivity contribution in [3.63, 3.8) is 0 Å². The molecule has 1 aliphatic rings. The van der Waals surface area contributed by atoms with Crippen LogP contribution in [0, 0.1) is 0 Å². The molecule has 1 aromatic heterocycles. The fraction of sp³-hybridized carbons (Fsp3) is 0.400. The van der Waals surface area contributed by atoms with E-state index >= 15 is 0 Å².